The molecule has 5 rings (SSSR count). The first kappa shape index (κ1) is 23.7. The molecule has 6 nitrogen and oxygen atoms in total. The Kier molecular flexibility index (Phi) is 6.28. The number of benzene rings is 3. The van der Waals surface area contributed by atoms with Crippen LogP contribution in [0, 0.1) is 5.82 Å². The van der Waals surface area contributed by atoms with Crippen LogP contribution in [-0.4, -0.2) is 28.4 Å². The SMILES string of the molecule is CCOc1ccc(C(O)=C2C(=O)C(=O)N(c3nc4ccc(CC)cc4s3)[C@@H]2c2ccccc2F)cc1. The van der Waals surface area contributed by atoms with Crippen LogP contribution in [0.4, 0.5) is 9.52 Å². The first-order chi connectivity index (χ1) is 17.4. The quantitative estimate of drug-likeness (QED) is 0.198. The van der Waals surface area contributed by atoms with E-state index in [4.69, 9.17) is 4.74 Å². The number of rotatable bonds is 6. The van der Waals surface area contributed by atoms with Gasteiger partial charge in [-0.05, 0) is 61.4 Å². The highest BCUT2D eigenvalue weighted by molar-refractivity contribution is 7.22. The molecule has 4 aromatic rings. The zero-order valence-corrected chi connectivity index (χ0v) is 20.5. The minimum Gasteiger partial charge on any atom is -0.507 e. The van der Waals surface area contributed by atoms with Crippen LogP contribution in [0.5, 0.6) is 5.75 Å². The number of Topliss-reactive ketones (excluding diaryl/α,β-unsaturated/α-hetero) is 1. The number of aromatic nitrogens is 1. The van der Waals surface area contributed by atoms with Crippen LogP contribution in [0.1, 0.15) is 36.6 Å². The fourth-order valence-electron chi connectivity index (χ4n) is 4.33. The molecule has 1 aliphatic rings. The Bertz CT molecular complexity index is 1510. The lowest BCUT2D eigenvalue weighted by Crippen LogP contribution is -2.29. The maximum atomic E-state index is 15.1. The summed E-state index contributed by atoms with van der Waals surface area (Å²) in [7, 11) is 0. The molecule has 0 spiro atoms. The van der Waals surface area contributed by atoms with Gasteiger partial charge < -0.3 is 9.84 Å². The molecule has 3 aromatic carbocycles. The van der Waals surface area contributed by atoms with Crippen molar-refractivity contribution in [2.45, 2.75) is 26.3 Å². The Hall–Kier alpha value is -4.04. The number of ketones is 1. The van der Waals surface area contributed by atoms with E-state index >= 15 is 4.39 Å². The second-order valence-electron chi connectivity index (χ2n) is 8.30. The summed E-state index contributed by atoms with van der Waals surface area (Å²) < 4.78 is 21.4. The van der Waals surface area contributed by atoms with Gasteiger partial charge in [-0.3, -0.25) is 14.5 Å². The molecule has 0 unspecified atom stereocenters. The molecule has 1 fully saturated rings. The lowest BCUT2D eigenvalue weighted by Gasteiger charge is -2.23. The van der Waals surface area contributed by atoms with Crippen LogP contribution in [0.25, 0.3) is 16.0 Å². The van der Waals surface area contributed by atoms with Gasteiger partial charge in [-0.1, -0.05) is 42.5 Å². The monoisotopic (exact) mass is 502 g/mol. The van der Waals surface area contributed by atoms with E-state index in [2.05, 4.69) is 4.98 Å². The standard InChI is InChI=1S/C28H23FN2O4S/c1-3-16-9-14-21-22(15-16)36-28(30-21)31-24(19-7-5-6-8-20(19)29)23(26(33)27(31)34)25(32)17-10-12-18(13-11-17)35-4-2/h5-15,24,32H,3-4H2,1-2H3/t24-/m1/s1. The maximum absolute atomic E-state index is 15.1. The second-order valence-corrected chi connectivity index (χ2v) is 9.31. The van der Waals surface area contributed by atoms with Crippen molar-refractivity contribution in [3.8, 4) is 5.75 Å². The smallest absolute Gasteiger partial charge is 0.301 e. The van der Waals surface area contributed by atoms with Gasteiger partial charge in [0.1, 0.15) is 23.4 Å². The number of halogens is 1. The van der Waals surface area contributed by atoms with E-state index in [-0.39, 0.29) is 22.0 Å². The van der Waals surface area contributed by atoms with Crippen molar-refractivity contribution < 1.29 is 23.8 Å². The highest BCUT2D eigenvalue weighted by Crippen LogP contribution is 2.45. The molecule has 36 heavy (non-hydrogen) atoms. The Morgan fingerprint density at radius 3 is 2.53 bits per heavy atom. The number of anilines is 1. The molecule has 0 radical (unpaired) electrons. The van der Waals surface area contributed by atoms with Gasteiger partial charge in [0.2, 0.25) is 0 Å². The van der Waals surface area contributed by atoms with Crippen molar-refractivity contribution >= 4 is 44.1 Å². The molecule has 1 aromatic heterocycles. The maximum Gasteiger partial charge on any atom is 0.301 e. The molecular formula is C28H23FN2O4S. The Balaban J connectivity index is 1.69. The highest BCUT2D eigenvalue weighted by Gasteiger charge is 2.49. The number of aliphatic hydroxyl groups excluding tert-OH is 1. The van der Waals surface area contributed by atoms with Crippen LogP contribution in [0.2, 0.25) is 0 Å². The molecular weight excluding hydrogens is 479 g/mol. The Morgan fingerprint density at radius 2 is 1.83 bits per heavy atom. The fourth-order valence-corrected chi connectivity index (χ4v) is 5.39. The van der Waals surface area contributed by atoms with E-state index in [0.717, 1.165) is 16.7 Å². The molecule has 1 N–H and O–H groups in total. The van der Waals surface area contributed by atoms with Crippen LogP contribution in [0.15, 0.2) is 72.3 Å². The van der Waals surface area contributed by atoms with Gasteiger partial charge in [0.25, 0.3) is 5.78 Å². The zero-order chi connectivity index (χ0) is 25.4. The van der Waals surface area contributed by atoms with Gasteiger partial charge in [-0.15, -0.1) is 0 Å². The molecule has 182 valence electrons. The second kappa shape index (κ2) is 9.54. The summed E-state index contributed by atoms with van der Waals surface area (Å²) in [4.78, 5) is 32.4. The van der Waals surface area contributed by atoms with Crippen LogP contribution >= 0.6 is 11.3 Å². The van der Waals surface area contributed by atoms with Crippen molar-refractivity contribution in [1.82, 2.24) is 4.98 Å². The third-order valence-electron chi connectivity index (χ3n) is 6.14. The summed E-state index contributed by atoms with van der Waals surface area (Å²) in [5.74, 6) is -2.15. The number of nitrogens with zero attached hydrogens (tertiary/aromatic N) is 2. The lowest BCUT2D eigenvalue weighted by atomic mass is 9.95. The van der Waals surface area contributed by atoms with E-state index in [1.807, 2.05) is 32.0 Å². The van der Waals surface area contributed by atoms with Gasteiger partial charge in [-0.2, -0.15) is 0 Å². The topological polar surface area (TPSA) is 79.7 Å². The largest absolute Gasteiger partial charge is 0.507 e. The van der Waals surface area contributed by atoms with E-state index in [9.17, 15) is 14.7 Å². The van der Waals surface area contributed by atoms with E-state index in [0.29, 0.717) is 23.4 Å². The lowest BCUT2D eigenvalue weighted by molar-refractivity contribution is -0.132. The highest BCUT2D eigenvalue weighted by atomic mass is 32.1. The number of carbonyl (C=O) groups is 2. The zero-order valence-electron chi connectivity index (χ0n) is 19.7. The molecule has 0 aliphatic carbocycles. The number of fused-ring (bicyclic) bond motifs is 1. The summed E-state index contributed by atoms with van der Waals surface area (Å²) in [6, 6.07) is 17.1. The predicted octanol–water partition coefficient (Wildman–Crippen LogP) is 6.02. The molecule has 0 saturated carbocycles. The molecule has 1 saturated heterocycles. The average molecular weight is 503 g/mol. The van der Waals surface area contributed by atoms with Crippen molar-refractivity contribution in [3.63, 3.8) is 0 Å². The molecule has 0 bridgehead atoms. The van der Waals surface area contributed by atoms with Crippen molar-refractivity contribution in [1.29, 1.82) is 0 Å². The molecule has 2 heterocycles. The Morgan fingerprint density at radius 1 is 1.08 bits per heavy atom. The number of aliphatic hydroxyl groups is 1. The summed E-state index contributed by atoms with van der Waals surface area (Å²) in [5, 5.41) is 11.5. The van der Waals surface area contributed by atoms with Gasteiger partial charge >= 0.3 is 5.91 Å². The first-order valence-corrected chi connectivity index (χ1v) is 12.4. The number of thiazole rings is 1. The minimum atomic E-state index is -1.18. The molecule has 1 amide bonds. The van der Waals surface area contributed by atoms with Crippen LogP contribution in [0.3, 0.4) is 0 Å². The first-order valence-electron chi connectivity index (χ1n) is 11.6. The van der Waals surface area contributed by atoms with Gasteiger partial charge in [0, 0.05) is 11.1 Å². The normalized spacial score (nSPS) is 17.2. The summed E-state index contributed by atoms with van der Waals surface area (Å²) in [6.45, 7) is 4.38. The summed E-state index contributed by atoms with van der Waals surface area (Å²) in [6.07, 6.45) is 0.838. The molecule has 1 aliphatic heterocycles. The van der Waals surface area contributed by atoms with Crippen molar-refractivity contribution in [2.24, 2.45) is 0 Å². The van der Waals surface area contributed by atoms with Crippen molar-refractivity contribution in [2.75, 3.05) is 11.5 Å². The van der Waals surface area contributed by atoms with Crippen molar-refractivity contribution in [3.05, 3.63) is 94.8 Å². The molecule has 8 heteroatoms. The summed E-state index contributed by atoms with van der Waals surface area (Å²) in [5.41, 5.74) is 2.00. The van der Waals surface area contributed by atoms with Gasteiger partial charge in [0.05, 0.1) is 22.4 Å². The third-order valence-corrected chi connectivity index (χ3v) is 7.16. The average Bonchev–Trinajstić information content (AvgIpc) is 3.42. The Labute approximate surface area is 211 Å². The number of ether oxygens (including phenoxy) is 1. The number of hydrogen-bond acceptors (Lipinski definition) is 6. The third kappa shape index (κ3) is 4.03. The van der Waals surface area contributed by atoms with E-state index in [1.165, 1.54) is 34.4 Å². The van der Waals surface area contributed by atoms with Gasteiger partial charge in [-0.25, -0.2) is 9.37 Å². The molecule has 1 atom stereocenters. The van der Waals surface area contributed by atoms with Crippen LogP contribution in [-0.2, 0) is 16.0 Å². The number of hydrogen-bond donors (Lipinski definition) is 1. The van der Waals surface area contributed by atoms with Gasteiger partial charge in [0.15, 0.2) is 5.13 Å². The summed E-state index contributed by atoms with van der Waals surface area (Å²) >= 11 is 1.25. The van der Waals surface area contributed by atoms with E-state index in [1.54, 1.807) is 30.3 Å². The minimum absolute atomic E-state index is 0.0951. The number of carbonyl (C=O) groups excluding carboxylic acids is 2. The number of amides is 1. The predicted molar refractivity (Wildman–Crippen MR) is 138 cm³/mol. The van der Waals surface area contributed by atoms with Crippen LogP contribution < -0.4 is 9.64 Å². The van der Waals surface area contributed by atoms with E-state index < -0.39 is 23.5 Å². The number of aryl methyl sites for hydroxylation is 1. The fraction of sp³-hybridized carbons (Fsp3) is 0.179.